The van der Waals surface area contributed by atoms with Crippen molar-refractivity contribution in [2.75, 3.05) is 0 Å². The lowest BCUT2D eigenvalue weighted by Gasteiger charge is -2.15. The summed E-state index contributed by atoms with van der Waals surface area (Å²) in [5.74, 6) is 0. The van der Waals surface area contributed by atoms with Crippen LogP contribution < -0.4 is 0 Å². The zero-order valence-corrected chi connectivity index (χ0v) is 11.7. The van der Waals surface area contributed by atoms with Crippen LogP contribution in [0.25, 0.3) is 10.9 Å². The SMILES string of the molecule is OC(c1ccccc1Br)c1cccc2ncccc12. The Morgan fingerprint density at radius 1 is 0.895 bits per heavy atom. The van der Waals surface area contributed by atoms with E-state index in [1.807, 2.05) is 54.6 Å². The van der Waals surface area contributed by atoms with Gasteiger partial charge in [-0.3, -0.25) is 4.98 Å². The summed E-state index contributed by atoms with van der Waals surface area (Å²) in [7, 11) is 0. The average molecular weight is 314 g/mol. The first kappa shape index (κ1) is 12.3. The molecule has 1 atom stereocenters. The third kappa shape index (κ3) is 2.27. The van der Waals surface area contributed by atoms with Gasteiger partial charge in [-0.05, 0) is 29.3 Å². The molecule has 0 amide bonds. The Morgan fingerprint density at radius 3 is 2.53 bits per heavy atom. The fourth-order valence-corrected chi connectivity index (χ4v) is 2.73. The molecule has 3 rings (SSSR count). The van der Waals surface area contributed by atoms with Crippen molar-refractivity contribution in [1.82, 2.24) is 4.98 Å². The molecule has 3 heteroatoms. The second kappa shape index (κ2) is 5.11. The highest BCUT2D eigenvalue weighted by Gasteiger charge is 2.15. The van der Waals surface area contributed by atoms with Crippen molar-refractivity contribution >= 4 is 26.8 Å². The van der Waals surface area contributed by atoms with Gasteiger partial charge in [0, 0.05) is 16.1 Å². The van der Waals surface area contributed by atoms with Crippen molar-refractivity contribution in [2.24, 2.45) is 0 Å². The molecule has 3 aromatic rings. The number of nitrogens with zero attached hydrogens (tertiary/aromatic N) is 1. The molecule has 0 bridgehead atoms. The van der Waals surface area contributed by atoms with E-state index in [2.05, 4.69) is 20.9 Å². The third-order valence-electron chi connectivity index (χ3n) is 3.17. The number of rotatable bonds is 2. The molecule has 0 saturated carbocycles. The second-order valence-electron chi connectivity index (χ2n) is 4.34. The van der Waals surface area contributed by atoms with Crippen LogP contribution >= 0.6 is 15.9 Å². The predicted molar refractivity (Wildman–Crippen MR) is 79.9 cm³/mol. The Labute approximate surface area is 119 Å². The quantitative estimate of drug-likeness (QED) is 0.773. The van der Waals surface area contributed by atoms with Gasteiger partial charge in [-0.25, -0.2) is 0 Å². The Bertz CT molecular complexity index is 721. The molecule has 0 aliphatic carbocycles. The fourth-order valence-electron chi connectivity index (χ4n) is 2.23. The van der Waals surface area contributed by atoms with E-state index in [9.17, 15) is 5.11 Å². The van der Waals surface area contributed by atoms with Crippen LogP contribution in [-0.4, -0.2) is 10.1 Å². The zero-order valence-electron chi connectivity index (χ0n) is 10.1. The normalized spacial score (nSPS) is 12.5. The zero-order chi connectivity index (χ0) is 13.2. The Kier molecular flexibility index (Phi) is 3.32. The van der Waals surface area contributed by atoms with Crippen LogP contribution in [0.1, 0.15) is 17.2 Å². The molecule has 0 saturated heterocycles. The predicted octanol–water partition coefficient (Wildman–Crippen LogP) is 4.08. The highest BCUT2D eigenvalue weighted by Crippen LogP contribution is 2.31. The van der Waals surface area contributed by atoms with E-state index in [1.54, 1.807) is 6.20 Å². The number of benzene rings is 2. The maximum Gasteiger partial charge on any atom is 0.106 e. The fraction of sp³-hybridized carbons (Fsp3) is 0.0625. The van der Waals surface area contributed by atoms with Crippen molar-refractivity contribution in [3.63, 3.8) is 0 Å². The number of aromatic nitrogens is 1. The summed E-state index contributed by atoms with van der Waals surface area (Å²) in [5.41, 5.74) is 2.63. The average Bonchev–Trinajstić information content (AvgIpc) is 2.46. The number of pyridine rings is 1. The molecule has 0 aliphatic rings. The molecule has 0 radical (unpaired) electrons. The van der Waals surface area contributed by atoms with E-state index in [1.165, 1.54) is 0 Å². The molecule has 2 aromatic carbocycles. The number of hydrogen-bond acceptors (Lipinski definition) is 2. The van der Waals surface area contributed by atoms with Crippen LogP contribution in [0.5, 0.6) is 0 Å². The van der Waals surface area contributed by atoms with Crippen molar-refractivity contribution < 1.29 is 5.11 Å². The maximum atomic E-state index is 10.6. The Balaban J connectivity index is 2.17. The van der Waals surface area contributed by atoms with Gasteiger partial charge >= 0.3 is 0 Å². The summed E-state index contributed by atoms with van der Waals surface area (Å²) in [4.78, 5) is 4.32. The van der Waals surface area contributed by atoms with Crippen LogP contribution in [0.4, 0.5) is 0 Å². The van der Waals surface area contributed by atoms with Crippen molar-refractivity contribution in [3.05, 3.63) is 76.4 Å². The largest absolute Gasteiger partial charge is 0.384 e. The summed E-state index contributed by atoms with van der Waals surface area (Å²) < 4.78 is 0.906. The molecule has 0 spiro atoms. The molecule has 2 nitrogen and oxygen atoms in total. The van der Waals surface area contributed by atoms with Crippen LogP contribution in [-0.2, 0) is 0 Å². The van der Waals surface area contributed by atoms with Crippen molar-refractivity contribution in [3.8, 4) is 0 Å². The van der Waals surface area contributed by atoms with Crippen LogP contribution in [0, 0.1) is 0 Å². The molecule has 1 N–H and O–H groups in total. The van der Waals surface area contributed by atoms with Gasteiger partial charge in [-0.1, -0.05) is 52.3 Å². The monoisotopic (exact) mass is 313 g/mol. The first-order valence-electron chi connectivity index (χ1n) is 6.03. The van der Waals surface area contributed by atoms with E-state index in [0.717, 1.165) is 26.5 Å². The minimum absolute atomic E-state index is 0.663. The van der Waals surface area contributed by atoms with Crippen LogP contribution in [0.2, 0.25) is 0 Å². The summed E-state index contributed by atoms with van der Waals surface area (Å²) in [5, 5.41) is 11.6. The van der Waals surface area contributed by atoms with Gasteiger partial charge in [0.15, 0.2) is 0 Å². The molecular formula is C16H12BrNO. The Hall–Kier alpha value is -1.71. The molecule has 1 heterocycles. The molecule has 1 aromatic heterocycles. The number of aliphatic hydroxyl groups is 1. The van der Waals surface area contributed by atoms with E-state index < -0.39 is 6.10 Å². The van der Waals surface area contributed by atoms with E-state index in [-0.39, 0.29) is 0 Å². The van der Waals surface area contributed by atoms with Gasteiger partial charge in [0.05, 0.1) is 5.52 Å². The summed E-state index contributed by atoms with van der Waals surface area (Å²) >= 11 is 3.48. The van der Waals surface area contributed by atoms with Gasteiger partial charge in [-0.2, -0.15) is 0 Å². The van der Waals surface area contributed by atoms with E-state index in [0.29, 0.717) is 0 Å². The molecule has 94 valence electrons. The number of aliphatic hydroxyl groups excluding tert-OH is 1. The van der Waals surface area contributed by atoms with Gasteiger partial charge in [0.25, 0.3) is 0 Å². The van der Waals surface area contributed by atoms with Crippen LogP contribution in [0.3, 0.4) is 0 Å². The lowest BCUT2D eigenvalue weighted by atomic mass is 9.98. The lowest BCUT2D eigenvalue weighted by molar-refractivity contribution is 0.221. The topological polar surface area (TPSA) is 33.1 Å². The van der Waals surface area contributed by atoms with Gasteiger partial charge < -0.3 is 5.11 Å². The highest BCUT2D eigenvalue weighted by atomic mass is 79.9. The highest BCUT2D eigenvalue weighted by molar-refractivity contribution is 9.10. The maximum absolute atomic E-state index is 10.6. The number of halogens is 1. The summed E-state index contributed by atoms with van der Waals surface area (Å²) in [6.07, 6.45) is 1.10. The minimum Gasteiger partial charge on any atom is -0.384 e. The Morgan fingerprint density at radius 2 is 1.68 bits per heavy atom. The molecule has 1 unspecified atom stereocenters. The molecule has 0 aliphatic heterocycles. The summed E-state index contributed by atoms with van der Waals surface area (Å²) in [6, 6.07) is 17.4. The first-order valence-corrected chi connectivity index (χ1v) is 6.83. The van der Waals surface area contributed by atoms with E-state index in [4.69, 9.17) is 0 Å². The molecule has 0 fully saturated rings. The van der Waals surface area contributed by atoms with Crippen molar-refractivity contribution in [2.45, 2.75) is 6.10 Å². The number of fused-ring (bicyclic) bond motifs is 1. The molecule has 19 heavy (non-hydrogen) atoms. The lowest BCUT2D eigenvalue weighted by Crippen LogP contribution is -2.01. The third-order valence-corrected chi connectivity index (χ3v) is 3.90. The van der Waals surface area contributed by atoms with Crippen LogP contribution in [0.15, 0.2) is 65.3 Å². The number of hydrogen-bond donors (Lipinski definition) is 1. The van der Waals surface area contributed by atoms with E-state index >= 15 is 0 Å². The minimum atomic E-state index is -0.663. The van der Waals surface area contributed by atoms with Gasteiger partial charge in [0.1, 0.15) is 6.10 Å². The standard InChI is InChI=1S/C16H12BrNO/c17-14-8-2-1-5-13(14)16(19)12-6-3-9-15-11(12)7-4-10-18-15/h1-10,16,19H. The first-order chi connectivity index (χ1) is 9.27. The molecular weight excluding hydrogens is 302 g/mol. The smallest absolute Gasteiger partial charge is 0.106 e. The second-order valence-corrected chi connectivity index (χ2v) is 5.20. The van der Waals surface area contributed by atoms with Crippen molar-refractivity contribution in [1.29, 1.82) is 0 Å². The van der Waals surface area contributed by atoms with Gasteiger partial charge in [-0.15, -0.1) is 0 Å². The summed E-state index contributed by atoms with van der Waals surface area (Å²) in [6.45, 7) is 0. The van der Waals surface area contributed by atoms with Gasteiger partial charge in [0.2, 0.25) is 0 Å².